The summed E-state index contributed by atoms with van der Waals surface area (Å²) in [4.78, 5) is 13.0. The highest BCUT2D eigenvalue weighted by Crippen LogP contribution is 2.30. The number of hydrogen-bond acceptors (Lipinski definition) is 3. The van der Waals surface area contributed by atoms with Gasteiger partial charge in [-0.05, 0) is 31.5 Å². The molecule has 0 aliphatic carbocycles. The largest absolute Gasteiger partial charge is 0.478 e. The van der Waals surface area contributed by atoms with Gasteiger partial charge in [0.25, 0.3) is 0 Å². The monoisotopic (exact) mass is 220 g/mol. The van der Waals surface area contributed by atoms with Crippen LogP contribution in [0, 0.1) is 0 Å². The number of carboxylic acid groups (broad SMARTS) is 1. The lowest BCUT2D eigenvalue weighted by Crippen LogP contribution is -2.20. The highest BCUT2D eigenvalue weighted by atomic mass is 16.4. The Kier molecular flexibility index (Phi) is 2.73. The lowest BCUT2D eigenvalue weighted by molar-refractivity contribution is 0.0697. The van der Waals surface area contributed by atoms with Gasteiger partial charge in [-0.3, -0.25) is 0 Å². The Bertz CT molecular complexity index is 417. The third-order valence-electron chi connectivity index (χ3n) is 2.96. The van der Waals surface area contributed by atoms with Crippen molar-refractivity contribution in [3.63, 3.8) is 0 Å². The van der Waals surface area contributed by atoms with E-state index in [1.54, 1.807) is 12.1 Å². The Balaban J connectivity index is 2.43. The first-order chi connectivity index (χ1) is 7.58. The average molecular weight is 220 g/mol. The molecule has 0 aromatic heterocycles. The minimum absolute atomic E-state index is 0.335. The van der Waals surface area contributed by atoms with E-state index in [2.05, 4.69) is 17.1 Å². The highest BCUT2D eigenvalue weighted by molar-refractivity contribution is 5.91. The number of carbonyl (C=O) groups is 1. The van der Waals surface area contributed by atoms with E-state index in [1.165, 1.54) is 0 Å². The summed E-state index contributed by atoms with van der Waals surface area (Å²) in [6.07, 6.45) is 1.05. The molecule has 0 amide bonds. The van der Waals surface area contributed by atoms with Crippen molar-refractivity contribution in [2.45, 2.75) is 19.4 Å². The topological polar surface area (TPSA) is 52.6 Å². The highest BCUT2D eigenvalue weighted by Gasteiger charge is 2.17. The summed E-state index contributed by atoms with van der Waals surface area (Å²) in [6, 6.07) is 5.62. The quantitative estimate of drug-likeness (QED) is 0.760. The summed E-state index contributed by atoms with van der Waals surface area (Å²) in [6.45, 7) is 3.07. The number of aromatic carboxylic acids is 1. The molecule has 1 unspecified atom stereocenters. The molecule has 86 valence electrons. The van der Waals surface area contributed by atoms with Crippen LogP contribution >= 0.6 is 0 Å². The normalized spacial score (nSPS) is 19.6. The minimum atomic E-state index is -0.881. The standard InChI is InChI=1S/C12H16N2O2/c1-8-5-6-14(2)11-7-9(12(15)16)3-4-10(11)13-8/h3-4,7-8,13H,5-6H2,1-2H3,(H,15,16). The molecular formula is C12H16N2O2. The summed E-state index contributed by atoms with van der Waals surface area (Å²) >= 11 is 0. The number of fused-ring (bicyclic) bond motifs is 1. The van der Waals surface area contributed by atoms with E-state index < -0.39 is 5.97 Å². The predicted octanol–water partition coefficient (Wildman–Crippen LogP) is 2.03. The SMILES string of the molecule is CC1CCN(C)c2cc(C(=O)O)ccc2N1. The zero-order chi connectivity index (χ0) is 11.7. The van der Waals surface area contributed by atoms with Crippen LogP contribution in [-0.4, -0.2) is 30.7 Å². The number of nitrogens with one attached hydrogen (secondary N) is 1. The van der Waals surface area contributed by atoms with Crippen molar-refractivity contribution >= 4 is 17.3 Å². The molecule has 2 rings (SSSR count). The van der Waals surface area contributed by atoms with Crippen molar-refractivity contribution in [1.82, 2.24) is 0 Å². The lowest BCUT2D eigenvalue weighted by atomic mass is 10.1. The van der Waals surface area contributed by atoms with Crippen LogP contribution in [0.5, 0.6) is 0 Å². The maximum atomic E-state index is 10.9. The molecule has 4 heteroatoms. The molecule has 1 aromatic carbocycles. The fourth-order valence-electron chi connectivity index (χ4n) is 1.95. The lowest BCUT2D eigenvalue weighted by Gasteiger charge is -2.19. The van der Waals surface area contributed by atoms with E-state index in [0.29, 0.717) is 11.6 Å². The molecule has 1 heterocycles. The van der Waals surface area contributed by atoms with Crippen LogP contribution in [0.2, 0.25) is 0 Å². The third-order valence-corrected chi connectivity index (χ3v) is 2.96. The second-order valence-corrected chi connectivity index (χ2v) is 4.29. The zero-order valence-corrected chi connectivity index (χ0v) is 9.53. The van der Waals surface area contributed by atoms with Gasteiger partial charge in [0.05, 0.1) is 16.9 Å². The van der Waals surface area contributed by atoms with Crippen LogP contribution in [0.3, 0.4) is 0 Å². The Hall–Kier alpha value is -1.71. The Morgan fingerprint density at radius 3 is 3.00 bits per heavy atom. The Morgan fingerprint density at radius 2 is 2.31 bits per heavy atom. The Morgan fingerprint density at radius 1 is 1.56 bits per heavy atom. The maximum absolute atomic E-state index is 10.9. The smallest absolute Gasteiger partial charge is 0.335 e. The van der Waals surface area contributed by atoms with E-state index in [9.17, 15) is 4.79 Å². The summed E-state index contributed by atoms with van der Waals surface area (Å²) in [5.74, 6) is -0.881. The van der Waals surface area contributed by atoms with Crippen LogP contribution in [0.15, 0.2) is 18.2 Å². The van der Waals surface area contributed by atoms with Gasteiger partial charge in [-0.1, -0.05) is 0 Å². The molecular weight excluding hydrogens is 204 g/mol. The molecule has 0 radical (unpaired) electrons. The predicted molar refractivity (Wildman–Crippen MR) is 64.4 cm³/mol. The molecule has 1 aromatic rings. The summed E-state index contributed by atoms with van der Waals surface area (Å²) in [5.41, 5.74) is 2.31. The first-order valence-corrected chi connectivity index (χ1v) is 5.43. The number of rotatable bonds is 1. The number of benzene rings is 1. The minimum Gasteiger partial charge on any atom is -0.478 e. The average Bonchev–Trinajstić information content (AvgIpc) is 2.38. The van der Waals surface area contributed by atoms with Crippen molar-refractivity contribution in [3.05, 3.63) is 23.8 Å². The number of anilines is 2. The van der Waals surface area contributed by atoms with Crippen molar-refractivity contribution in [1.29, 1.82) is 0 Å². The van der Waals surface area contributed by atoms with Gasteiger partial charge in [-0.25, -0.2) is 4.79 Å². The van der Waals surface area contributed by atoms with Crippen LogP contribution < -0.4 is 10.2 Å². The van der Waals surface area contributed by atoms with Crippen molar-refractivity contribution < 1.29 is 9.90 Å². The fourth-order valence-corrected chi connectivity index (χ4v) is 1.95. The molecule has 0 fully saturated rings. The number of hydrogen-bond donors (Lipinski definition) is 2. The second kappa shape index (κ2) is 4.04. The molecule has 0 saturated carbocycles. The van der Waals surface area contributed by atoms with Gasteiger partial charge in [-0.15, -0.1) is 0 Å². The molecule has 2 N–H and O–H groups in total. The van der Waals surface area contributed by atoms with Gasteiger partial charge in [0.2, 0.25) is 0 Å². The van der Waals surface area contributed by atoms with Gasteiger partial charge in [-0.2, -0.15) is 0 Å². The summed E-state index contributed by atoms with van der Waals surface area (Å²) in [7, 11) is 1.99. The van der Waals surface area contributed by atoms with Crippen LogP contribution in [-0.2, 0) is 0 Å². The van der Waals surface area contributed by atoms with Crippen molar-refractivity contribution in [2.75, 3.05) is 23.8 Å². The van der Waals surface area contributed by atoms with E-state index in [1.807, 2.05) is 13.1 Å². The molecule has 4 nitrogen and oxygen atoms in total. The molecule has 0 saturated heterocycles. The van der Waals surface area contributed by atoms with Crippen molar-refractivity contribution in [3.8, 4) is 0 Å². The maximum Gasteiger partial charge on any atom is 0.335 e. The molecule has 16 heavy (non-hydrogen) atoms. The molecule has 1 atom stereocenters. The number of nitrogens with zero attached hydrogens (tertiary/aromatic N) is 1. The van der Waals surface area contributed by atoms with Crippen molar-refractivity contribution in [2.24, 2.45) is 0 Å². The van der Waals surface area contributed by atoms with E-state index in [4.69, 9.17) is 5.11 Å². The van der Waals surface area contributed by atoms with Gasteiger partial charge in [0.15, 0.2) is 0 Å². The second-order valence-electron chi connectivity index (χ2n) is 4.29. The third kappa shape index (κ3) is 1.96. The van der Waals surface area contributed by atoms with Crippen LogP contribution in [0.25, 0.3) is 0 Å². The van der Waals surface area contributed by atoms with E-state index in [-0.39, 0.29) is 0 Å². The molecule has 0 spiro atoms. The van der Waals surface area contributed by atoms with E-state index >= 15 is 0 Å². The first-order valence-electron chi connectivity index (χ1n) is 5.43. The fraction of sp³-hybridized carbons (Fsp3) is 0.417. The Labute approximate surface area is 94.9 Å². The zero-order valence-electron chi connectivity index (χ0n) is 9.53. The molecule has 1 aliphatic heterocycles. The van der Waals surface area contributed by atoms with Gasteiger partial charge in [0, 0.05) is 19.6 Å². The van der Waals surface area contributed by atoms with Gasteiger partial charge in [0.1, 0.15) is 0 Å². The first kappa shape index (κ1) is 10.8. The van der Waals surface area contributed by atoms with Crippen LogP contribution in [0.4, 0.5) is 11.4 Å². The summed E-state index contributed by atoms with van der Waals surface area (Å²) in [5, 5.41) is 12.3. The summed E-state index contributed by atoms with van der Waals surface area (Å²) < 4.78 is 0. The van der Waals surface area contributed by atoms with Crippen LogP contribution in [0.1, 0.15) is 23.7 Å². The molecule has 0 bridgehead atoms. The molecule has 1 aliphatic rings. The van der Waals surface area contributed by atoms with Gasteiger partial charge < -0.3 is 15.3 Å². The van der Waals surface area contributed by atoms with Gasteiger partial charge >= 0.3 is 5.97 Å². The van der Waals surface area contributed by atoms with E-state index in [0.717, 1.165) is 24.3 Å². The number of carboxylic acids is 1.